The summed E-state index contributed by atoms with van der Waals surface area (Å²) in [5.41, 5.74) is -1.97. The van der Waals surface area contributed by atoms with Crippen molar-refractivity contribution in [1.29, 1.82) is 0 Å². The normalized spacial score (nSPS) is 27.3. The van der Waals surface area contributed by atoms with Crippen molar-refractivity contribution >= 4 is 15.8 Å². The highest BCUT2D eigenvalue weighted by atomic mass is 32.2. The first-order chi connectivity index (χ1) is 7.27. The average molecular weight is 252 g/mol. The van der Waals surface area contributed by atoms with Gasteiger partial charge in [0.2, 0.25) is 5.67 Å². The van der Waals surface area contributed by atoms with Gasteiger partial charge in [-0.25, -0.2) is 17.6 Å². The van der Waals surface area contributed by atoms with E-state index in [0.717, 1.165) is 0 Å². The second-order valence-electron chi connectivity index (χ2n) is 4.42. The molecule has 0 aliphatic carbocycles. The number of carbonyl (C=O) groups excluding carboxylic acids is 1. The van der Waals surface area contributed by atoms with E-state index in [2.05, 4.69) is 0 Å². The van der Waals surface area contributed by atoms with Crippen LogP contribution < -0.4 is 0 Å². The van der Waals surface area contributed by atoms with E-state index in [-0.39, 0.29) is 30.5 Å². The summed E-state index contributed by atoms with van der Waals surface area (Å²) < 4.78 is 40.5. The summed E-state index contributed by atoms with van der Waals surface area (Å²) in [7, 11) is -2.97. The molecule has 0 aromatic rings. The predicted octanol–water partition coefficient (Wildman–Crippen LogP) is 1.10. The lowest BCUT2D eigenvalue weighted by Crippen LogP contribution is -2.32. The zero-order valence-corrected chi connectivity index (χ0v) is 10.3. The SMILES string of the molecule is CCC(C)(F)C(=O)OCC1CCS(=O)(=O)C1. The van der Waals surface area contributed by atoms with Crippen molar-refractivity contribution in [3.8, 4) is 0 Å². The minimum absolute atomic E-state index is 0.00241. The van der Waals surface area contributed by atoms with Gasteiger partial charge >= 0.3 is 5.97 Å². The van der Waals surface area contributed by atoms with E-state index in [9.17, 15) is 17.6 Å². The van der Waals surface area contributed by atoms with E-state index in [4.69, 9.17) is 4.74 Å². The zero-order chi connectivity index (χ0) is 12.4. The van der Waals surface area contributed by atoms with Crippen molar-refractivity contribution < 1.29 is 22.3 Å². The van der Waals surface area contributed by atoms with Crippen LogP contribution in [0, 0.1) is 5.92 Å². The highest BCUT2D eigenvalue weighted by Gasteiger charge is 2.34. The Bertz CT molecular complexity index is 361. The van der Waals surface area contributed by atoms with E-state index in [1.807, 2.05) is 0 Å². The monoisotopic (exact) mass is 252 g/mol. The highest BCUT2D eigenvalue weighted by Crippen LogP contribution is 2.21. The van der Waals surface area contributed by atoms with Crippen LogP contribution in [-0.2, 0) is 19.4 Å². The van der Waals surface area contributed by atoms with E-state index in [1.165, 1.54) is 6.92 Å². The van der Waals surface area contributed by atoms with Crippen LogP contribution in [0.2, 0.25) is 0 Å². The smallest absolute Gasteiger partial charge is 0.343 e. The number of halogens is 1. The number of rotatable bonds is 4. The summed E-state index contributed by atoms with van der Waals surface area (Å²) in [5.74, 6) is -0.911. The fraction of sp³-hybridized carbons (Fsp3) is 0.900. The van der Waals surface area contributed by atoms with Gasteiger partial charge in [-0.15, -0.1) is 0 Å². The van der Waals surface area contributed by atoms with Gasteiger partial charge in [0.15, 0.2) is 9.84 Å². The van der Waals surface area contributed by atoms with Crippen LogP contribution in [0.3, 0.4) is 0 Å². The fourth-order valence-corrected chi connectivity index (χ4v) is 3.33. The Kier molecular flexibility index (Phi) is 3.93. The van der Waals surface area contributed by atoms with Crippen LogP contribution in [0.4, 0.5) is 4.39 Å². The van der Waals surface area contributed by atoms with Crippen molar-refractivity contribution in [3.63, 3.8) is 0 Å². The van der Waals surface area contributed by atoms with Crippen molar-refractivity contribution in [2.75, 3.05) is 18.1 Å². The maximum Gasteiger partial charge on any atom is 0.343 e. The first-order valence-corrected chi connectivity index (χ1v) is 7.15. The topological polar surface area (TPSA) is 60.4 Å². The van der Waals surface area contributed by atoms with Gasteiger partial charge in [-0.1, -0.05) is 6.92 Å². The van der Waals surface area contributed by atoms with Crippen molar-refractivity contribution in [2.24, 2.45) is 5.92 Å². The molecule has 0 aromatic heterocycles. The first kappa shape index (κ1) is 13.4. The summed E-state index contributed by atoms with van der Waals surface area (Å²) in [6.07, 6.45) is 0.541. The third-order valence-corrected chi connectivity index (χ3v) is 4.70. The number of alkyl halides is 1. The molecule has 1 fully saturated rings. The van der Waals surface area contributed by atoms with Gasteiger partial charge < -0.3 is 4.74 Å². The van der Waals surface area contributed by atoms with E-state index in [1.54, 1.807) is 6.92 Å². The maximum atomic E-state index is 13.4. The molecule has 4 nitrogen and oxygen atoms in total. The van der Waals surface area contributed by atoms with Crippen molar-refractivity contribution in [2.45, 2.75) is 32.4 Å². The summed E-state index contributed by atoms with van der Waals surface area (Å²) in [5, 5.41) is 0. The number of ether oxygens (including phenoxy) is 1. The molecular formula is C10H17FO4S. The van der Waals surface area contributed by atoms with Crippen LogP contribution in [0.15, 0.2) is 0 Å². The summed E-state index contributed by atoms with van der Waals surface area (Å²) in [6, 6.07) is 0. The van der Waals surface area contributed by atoms with Gasteiger partial charge in [-0.05, 0) is 19.8 Å². The molecule has 2 unspecified atom stereocenters. The fourth-order valence-electron chi connectivity index (χ4n) is 1.49. The molecule has 0 N–H and O–H groups in total. The number of hydrogen-bond acceptors (Lipinski definition) is 4. The summed E-state index contributed by atoms with van der Waals surface area (Å²) in [4.78, 5) is 11.3. The second-order valence-corrected chi connectivity index (χ2v) is 6.65. The Balaban J connectivity index is 2.39. The highest BCUT2D eigenvalue weighted by molar-refractivity contribution is 7.91. The number of sulfone groups is 1. The molecule has 0 spiro atoms. The van der Waals surface area contributed by atoms with Crippen LogP contribution in [-0.4, -0.2) is 38.2 Å². The Morgan fingerprint density at radius 1 is 1.56 bits per heavy atom. The lowest BCUT2D eigenvalue weighted by molar-refractivity contribution is -0.158. The molecule has 1 aliphatic rings. The standard InChI is InChI=1S/C10H17FO4S/c1-3-10(2,11)9(12)15-6-8-4-5-16(13,14)7-8/h8H,3-7H2,1-2H3. The van der Waals surface area contributed by atoms with Crippen molar-refractivity contribution in [3.05, 3.63) is 0 Å². The van der Waals surface area contributed by atoms with Gasteiger partial charge in [0.05, 0.1) is 18.1 Å². The van der Waals surface area contributed by atoms with Crippen LogP contribution in [0.25, 0.3) is 0 Å². The van der Waals surface area contributed by atoms with E-state index in [0.29, 0.717) is 6.42 Å². The van der Waals surface area contributed by atoms with Gasteiger partial charge in [0.25, 0.3) is 0 Å². The summed E-state index contributed by atoms with van der Waals surface area (Å²) in [6.45, 7) is 2.72. The number of hydrogen-bond donors (Lipinski definition) is 0. The molecule has 1 aliphatic heterocycles. The van der Waals surface area contributed by atoms with Gasteiger partial charge in [0.1, 0.15) is 0 Å². The molecule has 0 bridgehead atoms. The minimum Gasteiger partial charge on any atom is -0.463 e. The quantitative estimate of drug-likeness (QED) is 0.703. The molecule has 1 rings (SSSR count). The molecule has 6 heteroatoms. The third kappa shape index (κ3) is 3.43. The average Bonchev–Trinajstić information content (AvgIpc) is 2.54. The van der Waals surface area contributed by atoms with Gasteiger partial charge in [-0.2, -0.15) is 0 Å². The molecule has 0 aromatic carbocycles. The van der Waals surface area contributed by atoms with Crippen LogP contribution in [0.1, 0.15) is 26.7 Å². The molecular weight excluding hydrogens is 235 g/mol. The molecule has 0 radical (unpaired) electrons. The Hall–Kier alpha value is -0.650. The largest absolute Gasteiger partial charge is 0.463 e. The maximum absolute atomic E-state index is 13.4. The second kappa shape index (κ2) is 4.69. The molecule has 1 saturated heterocycles. The molecule has 16 heavy (non-hydrogen) atoms. The first-order valence-electron chi connectivity index (χ1n) is 5.33. The Labute approximate surface area is 95.1 Å². The minimum atomic E-state index is -2.97. The number of carbonyl (C=O) groups is 1. The van der Waals surface area contributed by atoms with Crippen LogP contribution >= 0.6 is 0 Å². The van der Waals surface area contributed by atoms with Gasteiger partial charge in [-0.3, -0.25) is 0 Å². The molecule has 0 saturated carbocycles. The van der Waals surface area contributed by atoms with Crippen LogP contribution in [0.5, 0.6) is 0 Å². The molecule has 0 amide bonds. The predicted molar refractivity (Wildman–Crippen MR) is 57.5 cm³/mol. The summed E-state index contributed by atoms with van der Waals surface area (Å²) >= 11 is 0. The lowest BCUT2D eigenvalue weighted by Gasteiger charge is -2.17. The Morgan fingerprint density at radius 2 is 2.19 bits per heavy atom. The van der Waals surface area contributed by atoms with E-state index < -0.39 is 21.5 Å². The van der Waals surface area contributed by atoms with Crippen molar-refractivity contribution in [1.82, 2.24) is 0 Å². The third-order valence-electron chi connectivity index (χ3n) is 2.87. The molecule has 2 atom stereocenters. The van der Waals surface area contributed by atoms with Gasteiger partial charge in [0, 0.05) is 5.92 Å². The molecule has 1 heterocycles. The zero-order valence-electron chi connectivity index (χ0n) is 9.53. The molecule has 94 valence electrons. The Morgan fingerprint density at radius 3 is 2.62 bits per heavy atom. The van der Waals surface area contributed by atoms with E-state index >= 15 is 0 Å². The number of esters is 1. The lowest BCUT2D eigenvalue weighted by atomic mass is 10.1.